The first-order valence-corrected chi connectivity index (χ1v) is 10.7. The molecule has 3 fully saturated rings. The molecule has 2 atom stereocenters. The minimum absolute atomic E-state index is 0.0858. The standard InChI is InChI=1S/C15H19ClN2O3S2/c16-13-5-6-14(22-13)23(20,21)18-7-1-2-11-8-17(9-12(11)18)15(19)10-3-4-10/h5-6,10-12H,1-4,7-9H2/t11-,12+/m1/s1. The number of fused-ring (bicyclic) bond motifs is 1. The summed E-state index contributed by atoms with van der Waals surface area (Å²) in [5.74, 6) is 0.670. The van der Waals surface area contributed by atoms with Crippen LogP contribution in [0.2, 0.25) is 4.34 Å². The molecule has 1 aliphatic carbocycles. The number of hydrogen-bond acceptors (Lipinski definition) is 4. The maximum absolute atomic E-state index is 12.9. The summed E-state index contributed by atoms with van der Waals surface area (Å²) in [6.07, 6.45) is 3.82. The minimum Gasteiger partial charge on any atom is -0.340 e. The molecule has 0 spiro atoms. The lowest BCUT2D eigenvalue weighted by Crippen LogP contribution is -2.48. The van der Waals surface area contributed by atoms with Crippen molar-refractivity contribution in [2.45, 2.75) is 35.9 Å². The van der Waals surface area contributed by atoms with Gasteiger partial charge in [0, 0.05) is 31.6 Å². The Kier molecular flexibility index (Phi) is 3.95. The van der Waals surface area contributed by atoms with Gasteiger partial charge in [0.15, 0.2) is 0 Å². The van der Waals surface area contributed by atoms with Crippen LogP contribution in [0.3, 0.4) is 0 Å². The van der Waals surface area contributed by atoms with Gasteiger partial charge in [-0.25, -0.2) is 8.42 Å². The van der Waals surface area contributed by atoms with Crippen LogP contribution in [0.4, 0.5) is 0 Å². The average Bonchev–Trinajstić information content (AvgIpc) is 3.12. The number of carbonyl (C=O) groups excluding carboxylic acids is 1. The van der Waals surface area contributed by atoms with E-state index in [0.29, 0.717) is 28.2 Å². The van der Waals surface area contributed by atoms with Gasteiger partial charge in [0.05, 0.1) is 4.34 Å². The lowest BCUT2D eigenvalue weighted by molar-refractivity contribution is -0.131. The quantitative estimate of drug-likeness (QED) is 0.816. The van der Waals surface area contributed by atoms with Gasteiger partial charge in [0.25, 0.3) is 10.0 Å². The van der Waals surface area contributed by atoms with E-state index < -0.39 is 10.0 Å². The maximum atomic E-state index is 12.9. The van der Waals surface area contributed by atoms with Crippen molar-refractivity contribution in [3.8, 4) is 0 Å². The number of piperidine rings is 1. The zero-order valence-corrected chi connectivity index (χ0v) is 15.0. The van der Waals surface area contributed by atoms with E-state index in [-0.39, 0.29) is 23.8 Å². The molecule has 1 amide bonds. The predicted octanol–water partition coefficient (Wildman–Crippen LogP) is 2.42. The van der Waals surface area contributed by atoms with Crippen LogP contribution in [0.25, 0.3) is 0 Å². The summed E-state index contributed by atoms with van der Waals surface area (Å²) in [5, 5.41) is 0. The van der Waals surface area contributed by atoms with Crippen LogP contribution in [-0.4, -0.2) is 49.2 Å². The molecule has 0 radical (unpaired) electrons. The molecule has 23 heavy (non-hydrogen) atoms. The summed E-state index contributed by atoms with van der Waals surface area (Å²) in [4.78, 5) is 14.2. The van der Waals surface area contributed by atoms with Crippen molar-refractivity contribution in [2.75, 3.05) is 19.6 Å². The zero-order chi connectivity index (χ0) is 16.2. The number of amides is 1. The van der Waals surface area contributed by atoms with Gasteiger partial charge in [-0.05, 0) is 43.7 Å². The molecule has 4 rings (SSSR count). The molecule has 3 aliphatic rings. The highest BCUT2D eigenvalue weighted by Crippen LogP contribution is 2.39. The number of nitrogens with zero attached hydrogens (tertiary/aromatic N) is 2. The highest BCUT2D eigenvalue weighted by atomic mass is 35.5. The number of likely N-dealkylation sites (tertiary alicyclic amines) is 1. The van der Waals surface area contributed by atoms with Gasteiger partial charge in [0.2, 0.25) is 5.91 Å². The van der Waals surface area contributed by atoms with Gasteiger partial charge >= 0.3 is 0 Å². The predicted molar refractivity (Wildman–Crippen MR) is 89.0 cm³/mol. The van der Waals surface area contributed by atoms with E-state index in [2.05, 4.69) is 0 Å². The van der Waals surface area contributed by atoms with E-state index in [1.807, 2.05) is 4.90 Å². The Morgan fingerprint density at radius 2 is 2.00 bits per heavy atom. The number of sulfonamides is 1. The summed E-state index contributed by atoms with van der Waals surface area (Å²) in [5.41, 5.74) is 0. The fourth-order valence-electron chi connectivity index (χ4n) is 3.76. The summed E-state index contributed by atoms with van der Waals surface area (Å²) in [6, 6.07) is 3.11. The SMILES string of the molecule is O=C(C1CC1)N1C[C@H]2CCCN(S(=O)(=O)c3ccc(Cl)s3)[C@H]2C1. The molecule has 3 heterocycles. The van der Waals surface area contributed by atoms with Crippen molar-refractivity contribution in [1.82, 2.24) is 9.21 Å². The highest BCUT2D eigenvalue weighted by molar-refractivity contribution is 7.91. The first kappa shape index (κ1) is 15.9. The van der Waals surface area contributed by atoms with Crippen LogP contribution in [0, 0.1) is 11.8 Å². The van der Waals surface area contributed by atoms with E-state index in [4.69, 9.17) is 11.6 Å². The van der Waals surface area contributed by atoms with Crippen molar-refractivity contribution < 1.29 is 13.2 Å². The molecule has 0 bridgehead atoms. The van der Waals surface area contributed by atoms with Crippen molar-refractivity contribution in [3.05, 3.63) is 16.5 Å². The normalized spacial score (nSPS) is 28.8. The van der Waals surface area contributed by atoms with Gasteiger partial charge in [0.1, 0.15) is 4.21 Å². The Morgan fingerprint density at radius 3 is 2.65 bits per heavy atom. The van der Waals surface area contributed by atoms with Crippen LogP contribution in [0.1, 0.15) is 25.7 Å². The van der Waals surface area contributed by atoms with Gasteiger partial charge < -0.3 is 4.90 Å². The number of hydrogen-bond donors (Lipinski definition) is 0. The molecule has 2 saturated heterocycles. The lowest BCUT2D eigenvalue weighted by atomic mass is 9.94. The summed E-state index contributed by atoms with van der Waals surface area (Å²) in [7, 11) is -3.52. The minimum atomic E-state index is -3.52. The maximum Gasteiger partial charge on any atom is 0.252 e. The van der Waals surface area contributed by atoms with Gasteiger partial charge in [-0.3, -0.25) is 4.79 Å². The summed E-state index contributed by atoms with van der Waals surface area (Å²) < 4.78 is 28.3. The fourth-order valence-corrected chi connectivity index (χ4v) is 7.09. The third kappa shape index (κ3) is 2.81. The van der Waals surface area contributed by atoms with Crippen LogP contribution in [-0.2, 0) is 14.8 Å². The van der Waals surface area contributed by atoms with E-state index in [1.165, 1.54) is 0 Å². The molecule has 0 unspecified atom stereocenters. The van der Waals surface area contributed by atoms with Crippen LogP contribution < -0.4 is 0 Å². The van der Waals surface area contributed by atoms with Gasteiger partial charge in [-0.1, -0.05) is 11.6 Å². The Labute approximate surface area is 145 Å². The molecular formula is C15H19ClN2O3S2. The lowest BCUT2D eigenvalue weighted by Gasteiger charge is -2.35. The Bertz CT molecular complexity index is 729. The van der Waals surface area contributed by atoms with Crippen LogP contribution in [0.5, 0.6) is 0 Å². The molecule has 126 valence electrons. The van der Waals surface area contributed by atoms with E-state index in [1.54, 1.807) is 16.4 Å². The molecule has 1 aromatic heterocycles. The Hall–Kier alpha value is -0.630. The van der Waals surface area contributed by atoms with Gasteiger partial charge in [-0.15, -0.1) is 11.3 Å². The number of halogens is 1. The Balaban J connectivity index is 1.58. The zero-order valence-electron chi connectivity index (χ0n) is 12.7. The topological polar surface area (TPSA) is 57.7 Å². The molecule has 1 saturated carbocycles. The molecule has 0 aromatic carbocycles. The molecule has 0 N–H and O–H groups in total. The van der Waals surface area contributed by atoms with E-state index in [9.17, 15) is 13.2 Å². The van der Waals surface area contributed by atoms with Crippen LogP contribution in [0.15, 0.2) is 16.3 Å². The smallest absolute Gasteiger partial charge is 0.252 e. The van der Waals surface area contributed by atoms with Crippen molar-refractivity contribution in [3.63, 3.8) is 0 Å². The monoisotopic (exact) mass is 374 g/mol. The van der Waals surface area contributed by atoms with Crippen molar-refractivity contribution in [2.24, 2.45) is 11.8 Å². The van der Waals surface area contributed by atoms with E-state index in [0.717, 1.165) is 37.0 Å². The average molecular weight is 375 g/mol. The van der Waals surface area contributed by atoms with Gasteiger partial charge in [-0.2, -0.15) is 4.31 Å². The molecule has 5 nitrogen and oxygen atoms in total. The second-order valence-corrected chi connectivity index (χ2v) is 10.5. The molecular weight excluding hydrogens is 356 g/mol. The first-order valence-electron chi connectivity index (χ1n) is 8.03. The second-order valence-electron chi connectivity index (χ2n) is 6.66. The fraction of sp³-hybridized carbons (Fsp3) is 0.667. The summed E-state index contributed by atoms with van der Waals surface area (Å²) >= 11 is 7.01. The first-order chi connectivity index (χ1) is 11.0. The third-order valence-corrected chi connectivity index (χ3v) is 8.70. The highest BCUT2D eigenvalue weighted by Gasteiger charge is 2.47. The second kappa shape index (κ2) is 5.72. The van der Waals surface area contributed by atoms with Crippen LogP contribution >= 0.6 is 22.9 Å². The van der Waals surface area contributed by atoms with E-state index >= 15 is 0 Å². The molecule has 8 heteroatoms. The molecule has 2 aliphatic heterocycles. The number of carbonyl (C=O) groups is 1. The van der Waals surface area contributed by atoms with Crippen molar-refractivity contribution >= 4 is 38.9 Å². The molecule has 1 aromatic rings. The van der Waals surface area contributed by atoms with Crippen molar-refractivity contribution in [1.29, 1.82) is 0 Å². The largest absolute Gasteiger partial charge is 0.340 e. The number of rotatable bonds is 3. The summed E-state index contributed by atoms with van der Waals surface area (Å²) in [6.45, 7) is 1.78. The Morgan fingerprint density at radius 1 is 1.22 bits per heavy atom. The number of thiophene rings is 1. The third-order valence-electron chi connectivity index (χ3n) is 5.08.